The Hall–Kier alpha value is -1.77. The van der Waals surface area contributed by atoms with E-state index in [2.05, 4.69) is 32.2 Å². The SMILES string of the molecule is CC1=CCC(C(C)C)C(OC(=O)Nc2ccccc2C)C1. The molecule has 3 nitrogen and oxygen atoms in total. The molecule has 0 aliphatic heterocycles. The molecule has 0 saturated carbocycles. The molecule has 0 saturated heterocycles. The van der Waals surface area contributed by atoms with Crippen LogP contribution in [0.3, 0.4) is 0 Å². The minimum atomic E-state index is -0.352. The number of hydrogen-bond donors (Lipinski definition) is 1. The molecule has 2 unspecified atom stereocenters. The summed E-state index contributed by atoms with van der Waals surface area (Å²) in [5, 5.41) is 2.85. The molecule has 0 heterocycles. The molecule has 1 N–H and O–H groups in total. The van der Waals surface area contributed by atoms with Crippen molar-refractivity contribution in [2.24, 2.45) is 11.8 Å². The number of carbonyl (C=O) groups excluding carboxylic acids is 1. The number of rotatable bonds is 3. The third-order valence-electron chi connectivity index (χ3n) is 4.24. The number of ether oxygens (including phenoxy) is 1. The van der Waals surface area contributed by atoms with Gasteiger partial charge in [-0.2, -0.15) is 0 Å². The lowest BCUT2D eigenvalue weighted by molar-refractivity contribution is 0.0511. The van der Waals surface area contributed by atoms with E-state index in [1.165, 1.54) is 5.57 Å². The van der Waals surface area contributed by atoms with Crippen molar-refractivity contribution in [2.75, 3.05) is 5.32 Å². The normalized spacial score (nSPS) is 21.9. The summed E-state index contributed by atoms with van der Waals surface area (Å²) in [4.78, 5) is 12.2. The fourth-order valence-electron chi connectivity index (χ4n) is 2.86. The maximum atomic E-state index is 12.2. The predicted octanol–water partition coefficient (Wildman–Crippen LogP) is 4.92. The van der Waals surface area contributed by atoms with E-state index in [1.54, 1.807) is 0 Å². The minimum Gasteiger partial charge on any atom is -0.445 e. The summed E-state index contributed by atoms with van der Waals surface area (Å²) >= 11 is 0. The summed E-state index contributed by atoms with van der Waals surface area (Å²) in [6.07, 6.45) is 3.72. The first kappa shape index (κ1) is 15.6. The standard InChI is InChI=1S/C18H25NO2/c1-12(2)15-10-9-13(3)11-17(15)21-18(20)19-16-8-6-5-7-14(16)4/h5-9,12,15,17H,10-11H2,1-4H3,(H,19,20). The Morgan fingerprint density at radius 3 is 2.67 bits per heavy atom. The van der Waals surface area contributed by atoms with E-state index in [-0.39, 0.29) is 12.2 Å². The number of aryl methyl sites for hydroxylation is 1. The molecular weight excluding hydrogens is 262 g/mol. The van der Waals surface area contributed by atoms with Gasteiger partial charge in [0, 0.05) is 18.0 Å². The lowest BCUT2D eigenvalue weighted by Gasteiger charge is -2.32. The third-order valence-corrected chi connectivity index (χ3v) is 4.24. The third kappa shape index (κ3) is 4.10. The zero-order valence-electron chi connectivity index (χ0n) is 13.3. The minimum absolute atomic E-state index is 0.0287. The van der Waals surface area contributed by atoms with Crippen LogP contribution in [-0.2, 0) is 4.74 Å². The van der Waals surface area contributed by atoms with Gasteiger partial charge in [-0.15, -0.1) is 0 Å². The first-order chi connectivity index (χ1) is 9.97. The highest BCUT2D eigenvalue weighted by molar-refractivity contribution is 5.85. The van der Waals surface area contributed by atoms with E-state index in [1.807, 2.05) is 31.2 Å². The molecule has 1 amide bonds. The smallest absolute Gasteiger partial charge is 0.411 e. The quantitative estimate of drug-likeness (QED) is 0.801. The first-order valence-electron chi connectivity index (χ1n) is 7.66. The molecule has 0 aromatic heterocycles. The van der Waals surface area contributed by atoms with Crippen molar-refractivity contribution < 1.29 is 9.53 Å². The van der Waals surface area contributed by atoms with Crippen LogP contribution < -0.4 is 5.32 Å². The van der Waals surface area contributed by atoms with Gasteiger partial charge in [0.15, 0.2) is 0 Å². The van der Waals surface area contributed by atoms with Crippen LogP contribution in [0.25, 0.3) is 0 Å². The lowest BCUT2D eigenvalue weighted by atomic mass is 9.80. The lowest BCUT2D eigenvalue weighted by Crippen LogP contribution is -2.34. The van der Waals surface area contributed by atoms with Gasteiger partial charge in [-0.3, -0.25) is 5.32 Å². The Balaban J connectivity index is 2.01. The fourth-order valence-corrected chi connectivity index (χ4v) is 2.86. The van der Waals surface area contributed by atoms with Crippen molar-refractivity contribution in [3.8, 4) is 0 Å². The van der Waals surface area contributed by atoms with E-state index in [0.717, 1.165) is 24.1 Å². The van der Waals surface area contributed by atoms with Gasteiger partial charge in [0.05, 0.1) is 0 Å². The summed E-state index contributed by atoms with van der Waals surface area (Å²) in [6, 6.07) is 7.73. The number of anilines is 1. The molecule has 2 rings (SSSR count). The van der Waals surface area contributed by atoms with Crippen LogP contribution in [0.2, 0.25) is 0 Å². The van der Waals surface area contributed by atoms with E-state index in [0.29, 0.717) is 11.8 Å². The van der Waals surface area contributed by atoms with E-state index in [4.69, 9.17) is 4.74 Å². The van der Waals surface area contributed by atoms with Crippen molar-refractivity contribution in [3.63, 3.8) is 0 Å². The molecule has 1 aromatic rings. The van der Waals surface area contributed by atoms with Gasteiger partial charge in [0.2, 0.25) is 0 Å². The van der Waals surface area contributed by atoms with Crippen molar-refractivity contribution >= 4 is 11.8 Å². The van der Waals surface area contributed by atoms with Gasteiger partial charge in [-0.1, -0.05) is 43.7 Å². The highest BCUT2D eigenvalue weighted by Gasteiger charge is 2.30. The Labute approximate surface area is 127 Å². The number of benzene rings is 1. The number of allylic oxidation sites excluding steroid dienone is 1. The van der Waals surface area contributed by atoms with Crippen molar-refractivity contribution in [2.45, 2.75) is 46.6 Å². The van der Waals surface area contributed by atoms with Crippen molar-refractivity contribution in [1.29, 1.82) is 0 Å². The average molecular weight is 287 g/mol. The molecule has 114 valence electrons. The van der Waals surface area contributed by atoms with Gasteiger partial charge in [0.25, 0.3) is 0 Å². The number of carbonyl (C=O) groups is 1. The molecule has 0 spiro atoms. The summed E-state index contributed by atoms with van der Waals surface area (Å²) in [7, 11) is 0. The predicted molar refractivity (Wildman–Crippen MR) is 86.4 cm³/mol. The zero-order chi connectivity index (χ0) is 15.4. The molecular formula is C18H25NO2. The number of nitrogens with one attached hydrogen (secondary N) is 1. The Kier molecular flexibility index (Phi) is 5.05. The highest BCUT2D eigenvalue weighted by Crippen LogP contribution is 2.32. The second-order valence-corrected chi connectivity index (χ2v) is 6.28. The van der Waals surface area contributed by atoms with Crippen LogP contribution in [0.4, 0.5) is 10.5 Å². The van der Waals surface area contributed by atoms with Crippen LogP contribution in [0.5, 0.6) is 0 Å². The average Bonchev–Trinajstić information content (AvgIpc) is 2.41. The molecule has 21 heavy (non-hydrogen) atoms. The summed E-state index contributed by atoms with van der Waals surface area (Å²) in [5.41, 5.74) is 3.15. The Morgan fingerprint density at radius 1 is 1.29 bits per heavy atom. The van der Waals surface area contributed by atoms with Crippen molar-refractivity contribution in [1.82, 2.24) is 0 Å². The zero-order valence-corrected chi connectivity index (χ0v) is 13.3. The number of amides is 1. The first-order valence-corrected chi connectivity index (χ1v) is 7.66. The van der Waals surface area contributed by atoms with Crippen LogP contribution in [0, 0.1) is 18.8 Å². The van der Waals surface area contributed by atoms with Crippen LogP contribution in [0.1, 0.15) is 39.2 Å². The number of hydrogen-bond acceptors (Lipinski definition) is 2. The second kappa shape index (κ2) is 6.79. The van der Waals surface area contributed by atoms with Crippen molar-refractivity contribution in [3.05, 3.63) is 41.5 Å². The maximum Gasteiger partial charge on any atom is 0.411 e. The summed E-state index contributed by atoms with van der Waals surface area (Å²) in [5.74, 6) is 0.905. The van der Waals surface area contributed by atoms with E-state index >= 15 is 0 Å². The topological polar surface area (TPSA) is 38.3 Å². The molecule has 0 radical (unpaired) electrons. The maximum absolute atomic E-state index is 12.2. The highest BCUT2D eigenvalue weighted by atomic mass is 16.6. The Bertz CT molecular complexity index is 534. The Morgan fingerprint density at radius 2 is 2.00 bits per heavy atom. The van der Waals surface area contributed by atoms with Gasteiger partial charge < -0.3 is 4.74 Å². The molecule has 1 aliphatic carbocycles. The van der Waals surface area contributed by atoms with Gasteiger partial charge in [-0.25, -0.2) is 4.79 Å². The summed E-state index contributed by atoms with van der Waals surface area (Å²) in [6.45, 7) is 8.45. The van der Waals surface area contributed by atoms with Gasteiger partial charge in [0.1, 0.15) is 6.10 Å². The molecule has 0 bridgehead atoms. The molecule has 0 fully saturated rings. The summed E-state index contributed by atoms with van der Waals surface area (Å²) < 4.78 is 5.70. The van der Waals surface area contributed by atoms with Crippen LogP contribution in [0.15, 0.2) is 35.9 Å². The molecule has 2 atom stereocenters. The number of para-hydroxylation sites is 1. The van der Waals surface area contributed by atoms with E-state index < -0.39 is 0 Å². The largest absolute Gasteiger partial charge is 0.445 e. The monoisotopic (exact) mass is 287 g/mol. The van der Waals surface area contributed by atoms with Crippen LogP contribution >= 0.6 is 0 Å². The molecule has 1 aliphatic rings. The molecule has 3 heteroatoms. The molecule has 1 aromatic carbocycles. The van der Waals surface area contributed by atoms with Crippen LogP contribution in [-0.4, -0.2) is 12.2 Å². The van der Waals surface area contributed by atoms with Gasteiger partial charge >= 0.3 is 6.09 Å². The fraction of sp³-hybridized carbons (Fsp3) is 0.500. The van der Waals surface area contributed by atoms with Gasteiger partial charge in [-0.05, 0) is 37.8 Å². The van der Waals surface area contributed by atoms with E-state index in [9.17, 15) is 4.79 Å². The second-order valence-electron chi connectivity index (χ2n) is 6.28.